The first-order valence-electron chi connectivity index (χ1n) is 8.07. The molecule has 2 heterocycles. The van der Waals surface area contributed by atoms with E-state index in [1.54, 1.807) is 12.1 Å². The second-order valence-corrected chi connectivity index (χ2v) is 7.50. The number of anilines is 1. The first kappa shape index (κ1) is 17.6. The molecule has 0 saturated heterocycles. The molecule has 0 fully saturated rings. The van der Waals surface area contributed by atoms with Crippen molar-refractivity contribution in [3.05, 3.63) is 75.8 Å². The Labute approximate surface area is 166 Å². The van der Waals surface area contributed by atoms with E-state index < -0.39 is 0 Å². The fourth-order valence-electron chi connectivity index (χ4n) is 2.68. The summed E-state index contributed by atoms with van der Waals surface area (Å²) in [5.74, 6) is -0.302. The summed E-state index contributed by atoms with van der Waals surface area (Å²) >= 11 is 4.46. The molecule has 0 spiro atoms. The maximum Gasteiger partial charge on any atom is 0.273 e. The maximum absolute atomic E-state index is 12.7. The third kappa shape index (κ3) is 3.67. The lowest BCUT2D eigenvalue weighted by molar-refractivity contribution is -0.116. The van der Waals surface area contributed by atoms with Crippen molar-refractivity contribution in [3.63, 3.8) is 0 Å². The molecule has 4 aromatic rings. The third-order valence-corrected chi connectivity index (χ3v) is 5.24. The summed E-state index contributed by atoms with van der Waals surface area (Å²) in [7, 11) is 0. The van der Waals surface area contributed by atoms with Gasteiger partial charge in [-0.3, -0.25) is 14.2 Å². The van der Waals surface area contributed by atoms with Crippen LogP contribution in [-0.2, 0) is 11.3 Å². The van der Waals surface area contributed by atoms with E-state index in [-0.39, 0.29) is 18.0 Å². The molecule has 8 heteroatoms. The Bertz CT molecular complexity index is 1190. The molecule has 0 bridgehead atoms. The number of amides is 1. The molecule has 6 nitrogen and oxygen atoms in total. The highest BCUT2D eigenvalue weighted by atomic mass is 79.9. The van der Waals surface area contributed by atoms with Gasteiger partial charge in [0.1, 0.15) is 22.5 Å². The van der Waals surface area contributed by atoms with Gasteiger partial charge >= 0.3 is 0 Å². The minimum atomic E-state index is -0.302. The number of nitrogens with zero attached hydrogens (tertiary/aromatic N) is 3. The van der Waals surface area contributed by atoms with Gasteiger partial charge < -0.3 is 5.32 Å². The van der Waals surface area contributed by atoms with E-state index in [4.69, 9.17) is 0 Å². The molecule has 4 rings (SSSR count). The van der Waals surface area contributed by atoms with Crippen LogP contribution in [-0.4, -0.2) is 19.8 Å². The Balaban J connectivity index is 1.61. The molecule has 27 heavy (non-hydrogen) atoms. The molecule has 0 radical (unpaired) electrons. The molecule has 0 unspecified atom stereocenters. The molecule has 0 aliphatic carbocycles. The Kier molecular flexibility index (Phi) is 4.83. The zero-order valence-corrected chi connectivity index (χ0v) is 16.3. The van der Waals surface area contributed by atoms with Crippen LogP contribution in [0.15, 0.2) is 70.2 Å². The molecule has 2 aromatic carbocycles. The molecular formula is C19H13BrN4O2S. The average molecular weight is 441 g/mol. The third-order valence-electron chi connectivity index (χ3n) is 3.92. The van der Waals surface area contributed by atoms with Crippen LogP contribution < -0.4 is 10.9 Å². The van der Waals surface area contributed by atoms with Gasteiger partial charge in [0, 0.05) is 15.7 Å². The van der Waals surface area contributed by atoms with E-state index in [2.05, 4.69) is 30.6 Å². The molecule has 2 aromatic heterocycles. The van der Waals surface area contributed by atoms with Crippen molar-refractivity contribution >= 4 is 49.3 Å². The lowest BCUT2D eigenvalue weighted by Gasteiger charge is -2.07. The quantitative estimate of drug-likeness (QED) is 0.521. The predicted octanol–water partition coefficient (Wildman–Crippen LogP) is 3.92. The largest absolute Gasteiger partial charge is 0.324 e. The highest BCUT2D eigenvalue weighted by Crippen LogP contribution is 2.26. The maximum atomic E-state index is 12.7. The van der Waals surface area contributed by atoms with Gasteiger partial charge in [0.05, 0.1) is 6.33 Å². The molecule has 0 saturated carbocycles. The summed E-state index contributed by atoms with van der Waals surface area (Å²) in [4.78, 5) is 29.4. The summed E-state index contributed by atoms with van der Waals surface area (Å²) < 4.78 is 6.97. The molecule has 0 atom stereocenters. The van der Waals surface area contributed by atoms with Gasteiger partial charge in [-0.2, -0.15) is 4.37 Å². The van der Waals surface area contributed by atoms with Gasteiger partial charge in [-0.15, -0.1) is 0 Å². The minimum Gasteiger partial charge on any atom is -0.324 e. The van der Waals surface area contributed by atoms with Crippen molar-refractivity contribution < 1.29 is 4.79 Å². The Morgan fingerprint density at radius 1 is 1.15 bits per heavy atom. The highest BCUT2D eigenvalue weighted by molar-refractivity contribution is 9.10. The van der Waals surface area contributed by atoms with Crippen LogP contribution in [0.4, 0.5) is 5.69 Å². The molecular weight excluding hydrogens is 428 g/mol. The predicted molar refractivity (Wildman–Crippen MR) is 110 cm³/mol. The van der Waals surface area contributed by atoms with Gasteiger partial charge in [-0.05, 0) is 29.7 Å². The standard InChI is InChI=1S/C19H13BrN4O2S/c20-13-7-4-8-14(9-13)22-15(25)10-24-11-21-17-16(12-5-2-1-3-6-12)23-27-18(17)19(24)26/h1-9,11H,10H2,(H,22,25). The van der Waals surface area contributed by atoms with Crippen LogP contribution >= 0.6 is 27.5 Å². The van der Waals surface area contributed by atoms with Crippen LogP contribution in [0.2, 0.25) is 0 Å². The van der Waals surface area contributed by atoms with Crippen LogP contribution in [0.5, 0.6) is 0 Å². The molecule has 1 N–H and O–H groups in total. The first-order chi connectivity index (χ1) is 13.1. The van der Waals surface area contributed by atoms with Crippen LogP contribution in [0, 0.1) is 0 Å². The summed E-state index contributed by atoms with van der Waals surface area (Å²) in [6, 6.07) is 16.8. The fourth-order valence-corrected chi connectivity index (χ4v) is 3.88. The van der Waals surface area contributed by atoms with Crippen molar-refractivity contribution in [1.29, 1.82) is 0 Å². The van der Waals surface area contributed by atoms with Crippen molar-refractivity contribution in [2.75, 3.05) is 5.32 Å². The van der Waals surface area contributed by atoms with Gasteiger partial charge in [0.2, 0.25) is 5.91 Å². The van der Waals surface area contributed by atoms with E-state index >= 15 is 0 Å². The number of hydrogen-bond donors (Lipinski definition) is 1. The summed E-state index contributed by atoms with van der Waals surface area (Å²) in [6.07, 6.45) is 1.39. The number of aromatic nitrogens is 3. The zero-order chi connectivity index (χ0) is 18.8. The van der Waals surface area contributed by atoms with Crippen molar-refractivity contribution in [1.82, 2.24) is 13.9 Å². The molecule has 134 valence electrons. The second-order valence-electron chi connectivity index (χ2n) is 5.81. The number of fused-ring (bicyclic) bond motifs is 1. The number of rotatable bonds is 4. The Hall–Kier alpha value is -2.84. The van der Waals surface area contributed by atoms with E-state index in [1.807, 2.05) is 42.5 Å². The Morgan fingerprint density at radius 2 is 1.96 bits per heavy atom. The summed E-state index contributed by atoms with van der Waals surface area (Å²) in [5, 5.41) is 2.77. The van der Waals surface area contributed by atoms with Gasteiger partial charge in [-0.25, -0.2) is 4.98 Å². The average Bonchev–Trinajstić information content (AvgIpc) is 3.09. The van der Waals surface area contributed by atoms with E-state index in [9.17, 15) is 9.59 Å². The van der Waals surface area contributed by atoms with Crippen LogP contribution in [0.25, 0.3) is 21.5 Å². The number of carbonyl (C=O) groups excluding carboxylic acids is 1. The number of hydrogen-bond acceptors (Lipinski definition) is 5. The van der Waals surface area contributed by atoms with Crippen molar-refractivity contribution in [2.45, 2.75) is 6.54 Å². The molecule has 1 amide bonds. The Morgan fingerprint density at radius 3 is 2.74 bits per heavy atom. The number of halogens is 1. The van der Waals surface area contributed by atoms with Gasteiger partial charge in [-0.1, -0.05) is 52.3 Å². The lowest BCUT2D eigenvalue weighted by atomic mass is 10.1. The molecule has 0 aliphatic heterocycles. The van der Waals surface area contributed by atoms with Gasteiger partial charge in [0.25, 0.3) is 5.56 Å². The van der Waals surface area contributed by atoms with E-state index in [0.29, 0.717) is 21.6 Å². The lowest BCUT2D eigenvalue weighted by Crippen LogP contribution is -2.27. The zero-order valence-electron chi connectivity index (χ0n) is 13.9. The van der Waals surface area contributed by atoms with E-state index in [0.717, 1.165) is 21.6 Å². The minimum absolute atomic E-state index is 0.118. The normalized spacial score (nSPS) is 10.9. The first-order valence-corrected chi connectivity index (χ1v) is 9.64. The van der Waals surface area contributed by atoms with Crippen molar-refractivity contribution in [2.24, 2.45) is 0 Å². The number of benzene rings is 2. The smallest absolute Gasteiger partial charge is 0.273 e. The SMILES string of the molecule is O=C(Cn1cnc2c(-c3ccccc3)nsc2c1=O)Nc1cccc(Br)c1. The van der Waals surface area contributed by atoms with Crippen LogP contribution in [0.1, 0.15) is 0 Å². The van der Waals surface area contributed by atoms with Crippen LogP contribution in [0.3, 0.4) is 0 Å². The highest BCUT2D eigenvalue weighted by Gasteiger charge is 2.15. The molecule has 0 aliphatic rings. The summed E-state index contributed by atoms with van der Waals surface area (Å²) in [5.41, 5.74) is 2.52. The summed E-state index contributed by atoms with van der Waals surface area (Å²) in [6.45, 7) is -0.118. The van der Waals surface area contributed by atoms with Crippen molar-refractivity contribution in [3.8, 4) is 11.3 Å². The fraction of sp³-hybridized carbons (Fsp3) is 0.0526. The number of carbonyl (C=O) groups is 1. The second kappa shape index (κ2) is 7.42. The monoisotopic (exact) mass is 440 g/mol. The van der Waals surface area contributed by atoms with Gasteiger partial charge in [0.15, 0.2) is 0 Å². The number of nitrogens with one attached hydrogen (secondary N) is 1. The topological polar surface area (TPSA) is 76.9 Å². The van der Waals surface area contributed by atoms with E-state index in [1.165, 1.54) is 10.9 Å².